The van der Waals surface area contributed by atoms with E-state index < -0.39 is 11.9 Å². The second-order valence-corrected chi connectivity index (χ2v) is 5.19. The molecule has 0 radical (unpaired) electrons. The van der Waals surface area contributed by atoms with Gasteiger partial charge in [0, 0.05) is 24.2 Å². The van der Waals surface area contributed by atoms with E-state index in [2.05, 4.69) is 9.88 Å². The maximum absolute atomic E-state index is 10.9. The number of carbonyl (C=O) groups is 1. The van der Waals surface area contributed by atoms with Gasteiger partial charge >= 0.3 is 5.97 Å². The van der Waals surface area contributed by atoms with E-state index in [1.165, 1.54) is 30.6 Å². The van der Waals surface area contributed by atoms with Crippen LogP contribution in [0.3, 0.4) is 0 Å². The number of carboxylic acids is 1. The predicted octanol–water partition coefficient (Wildman–Crippen LogP) is 2.32. The van der Waals surface area contributed by atoms with E-state index in [9.17, 15) is 4.79 Å². The minimum atomic E-state index is -0.783. The smallest absolute Gasteiger partial charge is 0.311 e. The fraction of sp³-hybridized carbons (Fsp3) is 0.636. The summed E-state index contributed by atoms with van der Waals surface area (Å²) in [6.07, 6.45) is 5.42. The molecule has 2 rings (SSSR count). The van der Waals surface area contributed by atoms with Crippen molar-refractivity contribution in [1.82, 2.24) is 4.98 Å². The van der Waals surface area contributed by atoms with E-state index in [1.54, 1.807) is 13.1 Å². The van der Waals surface area contributed by atoms with E-state index in [-0.39, 0.29) is 0 Å². The number of aliphatic carboxylic acids is 1. The fourth-order valence-electron chi connectivity index (χ4n) is 1.83. The van der Waals surface area contributed by atoms with Gasteiger partial charge in [-0.1, -0.05) is 0 Å². The van der Waals surface area contributed by atoms with Crippen molar-refractivity contribution >= 4 is 22.4 Å². The van der Waals surface area contributed by atoms with E-state index in [0.717, 1.165) is 23.1 Å². The molecule has 0 aromatic carbocycles. The largest absolute Gasteiger partial charge is 0.481 e. The lowest BCUT2D eigenvalue weighted by Gasteiger charge is -2.25. The molecule has 1 fully saturated rings. The Hall–Kier alpha value is -1.10. The number of nitrogens with zero attached hydrogens (tertiary/aromatic N) is 2. The molecular weight excluding hydrogens is 224 g/mol. The zero-order valence-corrected chi connectivity index (χ0v) is 10.2. The van der Waals surface area contributed by atoms with E-state index in [1.807, 2.05) is 0 Å². The van der Waals surface area contributed by atoms with E-state index in [4.69, 9.17) is 5.11 Å². The monoisotopic (exact) mass is 240 g/mol. The lowest BCUT2D eigenvalue weighted by atomic mass is 10.1. The summed E-state index contributed by atoms with van der Waals surface area (Å²) in [6, 6.07) is 0. The topological polar surface area (TPSA) is 53.4 Å². The van der Waals surface area contributed by atoms with Crippen LogP contribution in [0.4, 0.5) is 5.13 Å². The van der Waals surface area contributed by atoms with Crippen LogP contribution in [-0.2, 0) is 4.79 Å². The average Bonchev–Trinajstić information content (AvgIpc) is 2.78. The number of aromatic nitrogens is 1. The van der Waals surface area contributed by atoms with Crippen molar-refractivity contribution in [3.63, 3.8) is 0 Å². The summed E-state index contributed by atoms with van der Waals surface area (Å²) < 4.78 is 0. The summed E-state index contributed by atoms with van der Waals surface area (Å²) in [5.41, 5.74) is 0. The molecule has 0 bridgehead atoms. The minimum Gasteiger partial charge on any atom is -0.481 e. The van der Waals surface area contributed by atoms with Gasteiger partial charge in [-0.05, 0) is 26.2 Å². The molecule has 16 heavy (non-hydrogen) atoms. The molecule has 1 unspecified atom stereocenters. The summed E-state index contributed by atoms with van der Waals surface area (Å²) in [5.74, 6) is -1.23. The fourth-order valence-corrected chi connectivity index (χ4v) is 2.84. The van der Waals surface area contributed by atoms with Gasteiger partial charge in [0.25, 0.3) is 0 Å². The molecule has 88 valence electrons. The molecule has 1 aromatic heterocycles. The van der Waals surface area contributed by atoms with Crippen LogP contribution >= 0.6 is 11.3 Å². The van der Waals surface area contributed by atoms with Crippen LogP contribution in [0.25, 0.3) is 0 Å². The maximum Gasteiger partial charge on any atom is 0.311 e. The third-order valence-electron chi connectivity index (χ3n) is 2.94. The van der Waals surface area contributed by atoms with Gasteiger partial charge in [-0.25, -0.2) is 4.98 Å². The SMILES string of the molecule is CC(C(=O)O)c1cnc(N2CCCCC2)s1. The van der Waals surface area contributed by atoms with Gasteiger partial charge in [-0.3, -0.25) is 4.79 Å². The molecular formula is C11H16N2O2S. The number of carboxylic acid groups (broad SMARTS) is 1. The van der Waals surface area contributed by atoms with Crippen molar-refractivity contribution < 1.29 is 9.90 Å². The van der Waals surface area contributed by atoms with Gasteiger partial charge in [0.1, 0.15) is 0 Å². The van der Waals surface area contributed by atoms with Crippen LogP contribution in [-0.4, -0.2) is 29.1 Å². The van der Waals surface area contributed by atoms with E-state index >= 15 is 0 Å². The van der Waals surface area contributed by atoms with Crippen LogP contribution in [0.2, 0.25) is 0 Å². The van der Waals surface area contributed by atoms with Gasteiger partial charge in [0.15, 0.2) is 5.13 Å². The highest BCUT2D eigenvalue weighted by molar-refractivity contribution is 7.15. The van der Waals surface area contributed by atoms with Crippen molar-refractivity contribution in [3.05, 3.63) is 11.1 Å². The lowest BCUT2D eigenvalue weighted by Crippen LogP contribution is -2.29. The Balaban J connectivity index is 2.09. The molecule has 5 heteroatoms. The van der Waals surface area contributed by atoms with Crippen LogP contribution in [0.5, 0.6) is 0 Å². The molecule has 1 aromatic rings. The quantitative estimate of drug-likeness (QED) is 0.881. The Bertz CT molecular complexity index is 372. The Morgan fingerprint density at radius 3 is 2.81 bits per heavy atom. The Labute approximate surface area is 98.9 Å². The zero-order chi connectivity index (χ0) is 11.5. The first-order chi connectivity index (χ1) is 7.68. The number of piperidine rings is 1. The number of hydrogen-bond donors (Lipinski definition) is 1. The molecule has 4 nitrogen and oxygen atoms in total. The molecule has 1 aliphatic heterocycles. The summed E-state index contributed by atoms with van der Waals surface area (Å²) in [6.45, 7) is 3.80. The highest BCUT2D eigenvalue weighted by Crippen LogP contribution is 2.29. The van der Waals surface area contributed by atoms with Crippen molar-refractivity contribution in [3.8, 4) is 0 Å². The molecule has 0 spiro atoms. The molecule has 1 saturated heterocycles. The Morgan fingerprint density at radius 1 is 1.50 bits per heavy atom. The average molecular weight is 240 g/mol. The third kappa shape index (κ3) is 2.35. The Morgan fingerprint density at radius 2 is 2.19 bits per heavy atom. The first-order valence-corrected chi connectivity index (χ1v) is 6.43. The number of thiazole rings is 1. The molecule has 0 saturated carbocycles. The highest BCUT2D eigenvalue weighted by Gasteiger charge is 2.19. The van der Waals surface area contributed by atoms with Gasteiger partial charge in [0.2, 0.25) is 0 Å². The molecule has 1 aliphatic rings. The highest BCUT2D eigenvalue weighted by atomic mass is 32.1. The predicted molar refractivity (Wildman–Crippen MR) is 64.2 cm³/mol. The standard InChI is InChI=1S/C11H16N2O2S/c1-8(10(14)15)9-7-12-11(16-9)13-5-3-2-4-6-13/h7-8H,2-6H2,1H3,(H,14,15). The van der Waals surface area contributed by atoms with E-state index in [0.29, 0.717) is 0 Å². The van der Waals surface area contributed by atoms with Crippen molar-refractivity contribution in [2.45, 2.75) is 32.1 Å². The molecule has 1 atom stereocenters. The van der Waals surface area contributed by atoms with Crippen LogP contribution in [0, 0.1) is 0 Å². The number of hydrogen-bond acceptors (Lipinski definition) is 4. The third-order valence-corrected chi connectivity index (χ3v) is 4.18. The van der Waals surface area contributed by atoms with Crippen LogP contribution in [0.1, 0.15) is 37.0 Å². The lowest BCUT2D eigenvalue weighted by molar-refractivity contribution is -0.138. The van der Waals surface area contributed by atoms with Crippen molar-refractivity contribution in [1.29, 1.82) is 0 Å². The zero-order valence-electron chi connectivity index (χ0n) is 9.35. The van der Waals surface area contributed by atoms with Gasteiger partial charge in [0.05, 0.1) is 5.92 Å². The second kappa shape index (κ2) is 4.82. The normalized spacial score (nSPS) is 18.4. The summed E-state index contributed by atoms with van der Waals surface area (Å²) in [7, 11) is 0. The maximum atomic E-state index is 10.9. The van der Waals surface area contributed by atoms with Crippen LogP contribution in [0.15, 0.2) is 6.20 Å². The molecule has 0 amide bonds. The number of anilines is 1. The first-order valence-electron chi connectivity index (χ1n) is 5.62. The molecule has 1 N–H and O–H groups in total. The second-order valence-electron chi connectivity index (χ2n) is 4.15. The van der Waals surface area contributed by atoms with Gasteiger partial charge < -0.3 is 10.0 Å². The summed E-state index contributed by atoms with van der Waals surface area (Å²) >= 11 is 1.51. The first kappa shape index (κ1) is 11.4. The summed E-state index contributed by atoms with van der Waals surface area (Å²) in [5, 5.41) is 9.90. The number of rotatable bonds is 3. The Kier molecular flexibility index (Phi) is 3.43. The summed E-state index contributed by atoms with van der Waals surface area (Å²) in [4.78, 5) is 18.3. The van der Waals surface area contributed by atoms with Crippen molar-refractivity contribution in [2.75, 3.05) is 18.0 Å². The van der Waals surface area contributed by atoms with Gasteiger partial charge in [-0.2, -0.15) is 0 Å². The molecule has 2 heterocycles. The van der Waals surface area contributed by atoms with Gasteiger partial charge in [-0.15, -0.1) is 11.3 Å². The minimum absolute atomic E-state index is 0.448. The van der Waals surface area contributed by atoms with Crippen LogP contribution < -0.4 is 4.90 Å². The van der Waals surface area contributed by atoms with Crippen molar-refractivity contribution in [2.24, 2.45) is 0 Å². The molecule has 0 aliphatic carbocycles.